The highest BCUT2D eigenvalue weighted by atomic mass is 16.5. The van der Waals surface area contributed by atoms with Gasteiger partial charge in [-0.25, -0.2) is 0 Å². The Labute approximate surface area is 165 Å². The monoisotopic (exact) mass is 381 g/mol. The second-order valence-corrected chi connectivity index (χ2v) is 7.14. The quantitative estimate of drug-likeness (QED) is 0.772. The van der Waals surface area contributed by atoms with E-state index >= 15 is 0 Å². The van der Waals surface area contributed by atoms with Crippen molar-refractivity contribution in [2.24, 2.45) is 11.7 Å². The standard InChI is InChI=1S/C22H27N3O3/c1-24-13-10-16-11-14-25(15-12-16)22(27)18-4-8-20(9-5-18)28-19-6-2-17(3-7-19)21(23)26/h2-9,16,24H,10-15H2,1H3,(H2,23,26). The predicted octanol–water partition coefficient (Wildman–Crippen LogP) is 3.04. The van der Waals surface area contributed by atoms with E-state index in [1.54, 1.807) is 48.5 Å². The highest BCUT2D eigenvalue weighted by molar-refractivity contribution is 5.94. The van der Waals surface area contributed by atoms with Crippen molar-refractivity contribution in [2.75, 3.05) is 26.7 Å². The molecule has 0 bridgehead atoms. The fraction of sp³-hybridized carbons (Fsp3) is 0.364. The molecule has 148 valence electrons. The lowest BCUT2D eigenvalue weighted by Gasteiger charge is -2.32. The van der Waals surface area contributed by atoms with Crippen LogP contribution in [0.25, 0.3) is 0 Å². The molecule has 2 aromatic carbocycles. The Balaban J connectivity index is 1.55. The minimum Gasteiger partial charge on any atom is -0.457 e. The zero-order chi connectivity index (χ0) is 19.9. The van der Waals surface area contributed by atoms with Crippen LogP contribution in [-0.4, -0.2) is 43.4 Å². The van der Waals surface area contributed by atoms with Crippen molar-refractivity contribution in [1.29, 1.82) is 0 Å². The van der Waals surface area contributed by atoms with Crippen molar-refractivity contribution in [3.8, 4) is 11.5 Å². The lowest BCUT2D eigenvalue weighted by molar-refractivity contribution is 0.0687. The van der Waals surface area contributed by atoms with Gasteiger partial charge >= 0.3 is 0 Å². The predicted molar refractivity (Wildman–Crippen MR) is 109 cm³/mol. The van der Waals surface area contributed by atoms with Crippen LogP contribution in [0, 0.1) is 5.92 Å². The van der Waals surface area contributed by atoms with Gasteiger partial charge in [-0.2, -0.15) is 0 Å². The Morgan fingerprint density at radius 1 is 1.00 bits per heavy atom. The van der Waals surface area contributed by atoms with Crippen molar-refractivity contribution < 1.29 is 14.3 Å². The van der Waals surface area contributed by atoms with Crippen LogP contribution < -0.4 is 15.8 Å². The first-order valence-corrected chi connectivity index (χ1v) is 9.68. The fourth-order valence-electron chi connectivity index (χ4n) is 3.44. The van der Waals surface area contributed by atoms with Crippen molar-refractivity contribution in [1.82, 2.24) is 10.2 Å². The summed E-state index contributed by atoms with van der Waals surface area (Å²) in [6, 6.07) is 13.8. The number of carbonyl (C=O) groups is 2. The van der Waals surface area contributed by atoms with Crippen LogP contribution >= 0.6 is 0 Å². The maximum atomic E-state index is 12.7. The van der Waals surface area contributed by atoms with E-state index < -0.39 is 5.91 Å². The van der Waals surface area contributed by atoms with Crippen molar-refractivity contribution in [2.45, 2.75) is 19.3 Å². The van der Waals surface area contributed by atoms with Crippen molar-refractivity contribution in [3.05, 3.63) is 59.7 Å². The number of nitrogens with one attached hydrogen (secondary N) is 1. The van der Waals surface area contributed by atoms with Gasteiger partial charge < -0.3 is 20.7 Å². The average Bonchev–Trinajstić information content (AvgIpc) is 2.73. The lowest BCUT2D eigenvalue weighted by atomic mass is 9.93. The number of hydrogen-bond acceptors (Lipinski definition) is 4. The summed E-state index contributed by atoms with van der Waals surface area (Å²) < 4.78 is 5.76. The zero-order valence-electron chi connectivity index (χ0n) is 16.2. The Kier molecular flexibility index (Phi) is 6.66. The molecule has 3 N–H and O–H groups in total. The van der Waals surface area contributed by atoms with Gasteiger partial charge in [-0.3, -0.25) is 9.59 Å². The van der Waals surface area contributed by atoms with Gasteiger partial charge in [-0.15, -0.1) is 0 Å². The van der Waals surface area contributed by atoms with E-state index in [4.69, 9.17) is 10.5 Å². The molecule has 0 unspecified atom stereocenters. The summed E-state index contributed by atoms with van der Waals surface area (Å²) in [4.78, 5) is 25.8. The van der Waals surface area contributed by atoms with Crippen LogP contribution in [0.15, 0.2) is 48.5 Å². The Bertz CT molecular complexity index is 795. The molecule has 0 spiro atoms. The number of benzene rings is 2. The third-order valence-electron chi connectivity index (χ3n) is 5.18. The molecule has 1 aliphatic heterocycles. The third-order valence-corrected chi connectivity index (χ3v) is 5.18. The minimum atomic E-state index is -0.472. The molecule has 2 amide bonds. The molecule has 1 fully saturated rings. The molecular formula is C22H27N3O3. The summed E-state index contributed by atoms with van der Waals surface area (Å²) in [6.07, 6.45) is 3.30. The number of amides is 2. The number of nitrogens with two attached hydrogens (primary N) is 1. The number of rotatable bonds is 7. The second kappa shape index (κ2) is 9.37. The highest BCUT2D eigenvalue weighted by Gasteiger charge is 2.23. The van der Waals surface area contributed by atoms with Gasteiger partial charge in [0.1, 0.15) is 11.5 Å². The molecule has 0 aromatic heterocycles. The number of nitrogens with zero attached hydrogens (tertiary/aromatic N) is 1. The normalized spacial score (nSPS) is 14.7. The number of hydrogen-bond donors (Lipinski definition) is 2. The molecule has 0 saturated carbocycles. The summed E-state index contributed by atoms with van der Waals surface area (Å²) in [5.74, 6) is 1.54. The van der Waals surface area contributed by atoms with E-state index in [1.165, 1.54) is 6.42 Å². The molecule has 6 nitrogen and oxygen atoms in total. The van der Waals surface area contributed by atoms with Crippen molar-refractivity contribution >= 4 is 11.8 Å². The number of primary amides is 1. The lowest BCUT2D eigenvalue weighted by Crippen LogP contribution is -2.38. The first-order chi connectivity index (χ1) is 13.6. The molecule has 0 aliphatic carbocycles. The van der Waals surface area contributed by atoms with Crippen molar-refractivity contribution in [3.63, 3.8) is 0 Å². The SMILES string of the molecule is CNCCC1CCN(C(=O)c2ccc(Oc3ccc(C(N)=O)cc3)cc2)CC1. The minimum absolute atomic E-state index is 0.0735. The summed E-state index contributed by atoms with van der Waals surface area (Å²) in [6.45, 7) is 2.67. The molecule has 0 radical (unpaired) electrons. The maximum Gasteiger partial charge on any atom is 0.253 e. The molecule has 3 rings (SSSR count). The summed E-state index contributed by atoms with van der Waals surface area (Å²) in [5.41, 5.74) is 6.34. The largest absolute Gasteiger partial charge is 0.457 e. The Hall–Kier alpha value is -2.86. The number of likely N-dealkylation sites (tertiary alicyclic amines) is 1. The summed E-state index contributed by atoms with van der Waals surface area (Å²) >= 11 is 0. The van der Waals surface area contributed by atoms with Crippen LogP contribution in [0.1, 0.15) is 40.0 Å². The highest BCUT2D eigenvalue weighted by Crippen LogP contribution is 2.24. The van der Waals surface area contributed by atoms with Gasteiger partial charge in [0.15, 0.2) is 0 Å². The van der Waals surface area contributed by atoms with Gasteiger partial charge in [0, 0.05) is 24.2 Å². The number of piperidine rings is 1. The van der Waals surface area contributed by atoms with E-state index in [1.807, 2.05) is 11.9 Å². The van der Waals surface area contributed by atoms with E-state index in [-0.39, 0.29) is 5.91 Å². The summed E-state index contributed by atoms with van der Waals surface area (Å²) in [7, 11) is 1.97. The number of carbonyl (C=O) groups excluding carboxylic acids is 2. The third kappa shape index (κ3) is 5.10. The molecule has 1 saturated heterocycles. The van der Waals surface area contributed by atoms with Crippen LogP contribution in [0.4, 0.5) is 0 Å². The molecule has 1 heterocycles. The molecular weight excluding hydrogens is 354 g/mol. The van der Waals surface area contributed by atoms with Crippen LogP contribution in [0.5, 0.6) is 11.5 Å². The van der Waals surface area contributed by atoms with Gasteiger partial charge in [-0.05, 0) is 87.3 Å². The molecule has 6 heteroatoms. The van der Waals surface area contributed by atoms with Crippen LogP contribution in [0.3, 0.4) is 0 Å². The zero-order valence-corrected chi connectivity index (χ0v) is 16.2. The topological polar surface area (TPSA) is 84.7 Å². The average molecular weight is 381 g/mol. The van der Waals surface area contributed by atoms with E-state index in [9.17, 15) is 9.59 Å². The van der Waals surface area contributed by atoms with E-state index in [0.717, 1.165) is 32.5 Å². The van der Waals surface area contributed by atoms with E-state index in [2.05, 4.69) is 5.32 Å². The van der Waals surface area contributed by atoms with Gasteiger partial charge in [0.25, 0.3) is 5.91 Å². The molecule has 1 aliphatic rings. The fourth-order valence-corrected chi connectivity index (χ4v) is 3.44. The molecule has 2 aromatic rings. The van der Waals surface area contributed by atoms with Gasteiger partial charge in [-0.1, -0.05) is 0 Å². The van der Waals surface area contributed by atoms with E-state index in [0.29, 0.717) is 28.5 Å². The number of ether oxygens (including phenoxy) is 1. The van der Waals surface area contributed by atoms with Crippen LogP contribution in [0.2, 0.25) is 0 Å². The molecule has 0 atom stereocenters. The second-order valence-electron chi connectivity index (χ2n) is 7.14. The molecule has 28 heavy (non-hydrogen) atoms. The smallest absolute Gasteiger partial charge is 0.253 e. The first-order valence-electron chi connectivity index (χ1n) is 9.68. The first kappa shape index (κ1) is 19.9. The summed E-state index contributed by atoms with van der Waals surface area (Å²) in [5, 5.41) is 3.19. The Morgan fingerprint density at radius 2 is 1.54 bits per heavy atom. The van der Waals surface area contributed by atoms with Gasteiger partial charge in [0.2, 0.25) is 5.91 Å². The van der Waals surface area contributed by atoms with Gasteiger partial charge in [0.05, 0.1) is 0 Å². The maximum absolute atomic E-state index is 12.7. The van der Waals surface area contributed by atoms with Crippen LogP contribution in [-0.2, 0) is 0 Å². The Morgan fingerprint density at radius 3 is 2.04 bits per heavy atom.